The molecule has 3 nitrogen and oxygen atoms in total. The van der Waals surface area contributed by atoms with Crippen LogP contribution in [0.15, 0.2) is 51.1 Å². The Labute approximate surface area is 116 Å². The molecule has 18 heavy (non-hydrogen) atoms. The number of benzene rings is 2. The third-order valence-corrected chi connectivity index (χ3v) is 2.93. The monoisotopic (exact) mass is 328 g/mol. The molecule has 2 aromatic rings. The van der Waals surface area contributed by atoms with E-state index in [1.807, 2.05) is 0 Å². The predicted octanol–water partition coefficient (Wildman–Crippen LogP) is 5.36. The molecule has 2 aromatic carbocycles. The summed E-state index contributed by atoms with van der Waals surface area (Å²) in [6.07, 6.45) is 0. The first kappa shape index (κ1) is 13.0. The fourth-order valence-corrected chi connectivity index (χ4v) is 2.04. The molecule has 0 aliphatic heterocycles. The number of hydrogen-bond donors (Lipinski definition) is 1. The normalized spacial score (nSPS) is 11.1. The van der Waals surface area contributed by atoms with Crippen LogP contribution in [0.2, 0.25) is 5.02 Å². The number of azo groups is 1. The molecular weight excluding hydrogens is 323 g/mol. The minimum absolute atomic E-state index is 0.0507. The first-order valence-corrected chi connectivity index (χ1v) is 6.08. The highest BCUT2D eigenvalue weighted by Gasteiger charge is 2.06. The minimum atomic E-state index is -0.345. The molecule has 0 radical (unpaired) electrons. The molecule has 0 aromatic heterocycles. The van der Waals surface area contributed by atoms with Gasteiger partial charge in [0.15, 0.2) is 5.75 Å². The van der Waals surface area contributed by atoms with Crippen LogP contribution in [0.5, 0.6) is 5.75 Å². The van der Waals surface area contributed by atoms with E-state index in [4.69, 9.17) is 11.6 Å². The van der Waals surface area contributed by atoms with Gasteiger partial charge >= 0.3 is 0 Å². The fraction of sp³-hybridized carbons (Fsp3) is 0. The smallest absolute Gasteiger partial charge is 0.157 e. The average molecular weight is 330 g/mol. The molecule has 6 heteroatoms. The standard InChI is InChI=1S/C12H7BrClFN2O/c13-10-5-7(14)6-11(12(10)18)17-16-9-3-1-8(15)2-4-9/h1-6,18H. The fourth-order valence-electron chi connectivity index (χ4n) is 1.25. The number of aromatic hydroxyl groups is 1. The molecule has 0 heterocycles. The van der Waals surface area contributed by atoms with Crippen molar-refractivity contribution in [2.24, 2.45) is 10.2 Å². The van der Waals surface area contributed by atoms with Crippen molar-refractivity contribution in [2.75, 3.05) is 0 Å². The minimum Gasteiger partial charge on any atom is -0.505 e. The Hall–Kier alpha value is -1.46. The Morgan fingerprint density at radius 1 is 1.11 bits per heavy atom. The topological polar surface area (TPSA) is 45.0 Å². The van der Waals surface area contributed by atoms with Crippen molar-refractivity contribution in [1.82, 2.24) is 0 Å². The van der Waals surface area contributed by atoms with E-state index in [1.165, 1.54) is 30.3 Å². The average Bonchev–Trinajstić information content (AvgIpc) is 2.34. The lowest BCUT2D eigenvalue weighted by atomic mass is 10.3. The van der Waals surface area contributed by atoms with Crippen molar-refractivity contribution in [1.29, 1.82) is 0 Å². The first-order chi connectivity index (χ1) is 8.56. The zero-order valence-electron chi connectivity index (χ0n) is 8.94. The van der Waals surface area contributed by atoms with Crippen LogP contribution >= 0.6 is 27.5 Å². The maximum Gasteiger partial charge on any atom is 0.157 e. The lowest BCUT2D eigenvalue weighted by Crippen LogP contribution is -1.73. The zero-order chi connectivity index (χ0) is 13.1. The summed E-state index contributed by atoms with van der Waals surface area (Å²) in [5, 5.41) is 17.9. The molecule has 0 bridgehead atoms. The second-order valence-corrected chi connectivity index (χ2v) is 4.72. The summed E-state index contributed by atoms with van der Waals surface area (Å²) in [6.45, 7) is 0. The van der Waals surface area contributed by atoms with Gasteiger partial charge in [-0.2, -0.15) is 5.11 Å². The number of phenolic OH excluding ortho intramolecular Hbond substituents is 1. The van der Waals surface area contributed by atoms with Gasteiger partial charge in [0, 0.05) is 5.02 Å². The summed E-state index contributed by atoms with van der Waals surface area (Å²) in [5.74, 6) is -0.396. The molecular formula is C12H7BrClFN2O. The van der Waals surface area contributed by atoms with E-state index in [1.54, 1.807) is 6.07 Å². The molecule has 0 saturated heterocycles. The molecule has 0 atom stereocenters. The van der Waals surface area contributed by atoms with Gasteiger partial charge < -0.3 is 5.11 Å². The Morgan fingerprint density at radius 2 is 1.78 bits per heavy atom. The number of phenols is 1. The quantitative estimate of drug-likeness (QED) is 0.740. The first-order valence-electron chi connectivity index (χ1n) is 4.91. The Balaban J connectivity index is 2.31. The second kappa shape index (κ2) is 5.46. The van der Waals surface area contributed by atoms with Crippen molar-refractivity contribution in [2.45, 2.75) is 0 Å². The second-order valence-electron chi connectivity index (χ2n) is 3.43. The molecule has 0 saturated carbocycles. The molecule has 0 fully saturated rings. The molecule has 92 valence electrons. The van der Waals surface area contributed by atoms with Crippen molar-refractivity contribution < 1.29 is 9.50 Å². The molecule has 0 amide bonds. The molecule has 0 spiro atoms. The van der Waals surface area contributed by atoms with E-state index < -0.39 is 0 Å². The summed E-state index contributed by atoms with van der Waals surface area (Å²) < 4.78 is 13.1. The molecule has 2 rings (SSSR count). The number of nitrogens with zero attached hydrogens (tertiary/aromatic N) is 2. The summed E-state index contributed by atoms with van der Waals surface area (Å²) in [7, 11) is 0. The third-order valence-electron chi connectivity index (χ3n) is 2.11. The molecule has 1 N–H and O–H groups in total. The number of hydrogen-bond acceptors (Lipinski definition) is 3. The SMILES string of the molecule is Oc1c(Br)cc(Cl)cc1N=Nc1ccc(F)cc1. The van der Waals surface area contributed by atoms with E-state index in [0.29, 0.717) is 15.2 Å². The summed E-state index contributed by atoms with van der Waals surface area (Å²) in [5.41, 5.74) is 0.714. The summed E-state index contributed by atoms with van der Waals surface area (Å²) in [4.78, 5) is 0. The highest BCUT2D eigenvalue weighted by molar-refractivity contribution is 9.10. The Kier molecular flexibility index (Phi) is 3.93. The van der Waals surface area contributed by atoms with Crippen LogP contribution in [0.25, 0.3) is 0 Å². The van der Waals surface area contributed by atoms with Gasteiger partial charge in [0.25, 0.3) is 0 Å². The van der Waals surface area contributed by atoms with E-state index in [9.17, 15) is 9.50 Å². The Bertz CT molecular complexity index is 602. The zero-order valence-corrected chi connectivity index (χ0v) is 11.3. The van der Waals surface area contributed by atoms with E-state index >= 15 is 0 Å². The largest absolute Gasteiger partial charge is 0.505 e. The third kappa shape index (κ3) is 3.05. The van der Waals surface area contributed by atoms with Crippen LogP contribution < -0.4 is 0 Å². The van der Waals surface area contributed by atoms with Crippen LogP contribution in [0.1, 0.15) is 0 Å². The van der Waals surface area contributed by atoms with Gasteiger partial charge in [-0.1, -0.05) is 11.6 Å². The van der Waals surface area contributed by atoms with Crippen LogP contribution in [0.3, 0.4) is 0 Å². The van der Waals surface area contributed by atoms with Crippen LogP contribution in [-0.2, 0) is 0 Å². The van der Waals surface area contributed by atoms with Gasteiger partial charge in [-0.05, 0) is 52.3 Å². The molecule has 0 aliphatic carbocycles. The van der Waals surface area contributed by atoms with Crippen molar-refractivity contribution in [3.05, 3.63) is 51.7 Å². The molecule has 0 aliphatic rings. The highest BCUT2D eigenvalue weighted by atomic mass is 79.9. The number of halogens is 3. The van der Waals surface area contributed by atoms with Crippen molar-refractivity contribution in [3.8, 4) is 5.75 Å². The van der Waals surface area contributed by atoms with E-state index in [-0.39, 0.29) is 17.3 Å². The van der Waals surface area contributed by atoms with Gasteiger partial charge in [0.2, 0.25) is 0 Å². The predicted molar refractivity (Wildman–Crippen MR) is 71.4 cm³/mol. The van der Waals surface area contributed by atoms with E-state index in [0.717, 1.165) is 0 Å². The van der Waals surface area contributed by atoms with E-state index in [2.05, 4.69) is 26.2 Å². The lowest BCUT2D eigenvalue weighted by Gasteiger charge is -2.01. The number of rotatable bonds is 2. The molecule has 0 unspecified atom stereocenters. The van der Waals surface area contributed by atoms with Gasteiger partial charge in [-0.25, -0.2) is 4.39 Å². The van der Waals surface area contributed by atoms with Crippen molar-refractivity contribution >= 4 is 38.9 Å². The lowest BCUT2D eigenvalue weighted by molar-refractivity contribution is 0.473. The van der Waals surface area contributed by atoms with Crippen LogP contribution in [-0.4, -0.2) is 5.11 Å². The van der Waals surface area contributed by atoms with Gasteiger partial charge in [-0.3, -0.25) is 0 Å². The van der Waals surface area contributed by atoms with Crippen LogP contribution in [0.4, 0.5) is 15.8 Å². The van der Waals surface area contributed by atoms with Gasteiger partial charge in [0.05, 0.1) is 10.2 Å². The van der Waals surface area contributed by atoms with Gasteiger partial charge in [0.1, 0.15) is 11.5 Å². The summed E-state index contributed by atoms with van der Waals surface area (Å²) in [6, 6.07) is 8.55. The Morgan fingerprint density at radius 3 is 2.44 bits per heavy atom. The summed E-state index contributed by atoms with van der Waals surface area (Å²) >= 11 is 8.98. The maximum absolute atomic E-state index is 12.7. The highest BCUT2D eigenvalue weighted by Crippen LogP contribution is 2.37. The maximum atomic E-state index is 12.7. The van der Waals surface area contributed by atoms with Crippen LogP contribution in [0, 0.1) is 5.82 Å². The van der Waals surface area contributed by atoms with Crippen molar-refractivity contribution in [3.63, 3.8) is 0 Å². The van der Waals surface area contributed by atoms with Gasteiger partial charge in [-0.15, -0.1) is 5.11 Å².